The van der Waals surface area contributed by atoms with E-state index < -0.39 is 4.75 Å². The first-order valence-corrected chi connectivity index (χ1v) is 8.65. The van der Waals surface area contributed by atoms with Gasteiger partial charge >= 0.3 is 0 Å². The van der Waals surface area contributed by atoms with Crippen molar-refractivity contribution < 1.29 is 14.1 Å². The Labute approximate surface area is 136 Å². The van der Waals surface area contributed by atoms with Crippen LogP contribution in [0.5, 0.6) is 0 Å². The van der Waals surface area contributed by atoms with Gasteiger partial charge in [0.1, 0.15) is 0 Å². The van der Waals surface area contributed by atoms with E-state index in [-0.39, 0.29) is 11.3 Å². The highest BCUT2D eigenvalue weighted by Gasteiger charge is 2.33. The second-order valence-electron chi connectivity index (χ2n) is 7.11. The van der Waals surface area contributed by atoms with Crippen molar-refractivity contribution in [2.24, 2.45) is 5.92 Å². The largest absolute Gasteiger partial charge is 0.384 e. The predicted molar refractivity (Wildman–Crippen MR) is 89.3 cm³/mol. The zero-order valence-corrected chi connectivity index (χ0v) is 14.9. The molecule has 0 spiro atoms. The van der Waals surface area contributed by atoms with Crippen LogP contribution in [0.4, 0.5) is 5.88 Å². The first-order chi connectivity index (χ1) is 10.2. The van der Waals surface area contributed by atoms with E-state index in [0.717, 1.165) is 17.4 Å². The number of aromatic nitrogens is 1. The SMILES string of the molecule is COCC(C)(C)c1cc(NC(=O)C(C)(C)SCC2CC2)on1. The monoisotopic (exact) mass is 326 g/mol. The van der Waals surface area contributed by atoms with Gasteiger partial charge in [-0.15, -0.1) is 11.8 Å². The molecule has 1 aliphatic rings. The van der Waals surface area contributed by atoms with Gasteiger partial charge in [-0.05, 0) is 38.4 Å². The molecule has 2 rings (SSSR count). The van der Waals surface area contributed by atoms with E-state index in [2.05, 4.69) is 10.5 Å². The molecule has 1 aromatic heterocycles. The number of carbonyl (C=O) groups is 1. The second-order valence-corrected chi connectivity index (χ2v) is 8.75. The van der Waals surface area contributed by atoms with Gasteiger partial charge in [0.05, 0.1) is 17.0 Å². The fraction of sp³-hybridized carbons (Fsp3) is 0.750. The molecule has 0 atom stereocenters. The van der Waals surface area contributed by atoms with E-state index in [1.807, 2.05) is 27.7 Å². The van der Waals surface area contributed by atoms with Crippen LogP contribution in [0.2, 0.25) is 0 Å². The standard InChI is InChI=1S/C16H26N2O3S/c1-15(2,10-20-5)12-8-13(21-18-12)17-14(19)16(3,4)22-9-11-6-7-11/h8,11H,6-7,9-10H2,1-5H3,(H,17,19). The summed E-state index contributed by atoms with van der Waals surface area (Å²) in [5.41, 5.74) is 0.519. The number of hydrogen-bond acceptors (Lipinski definition) is 5. The van der Waals surface area contributed by atoms with Gasteiger partial charge in [-0.1, -0.05) is 19.0 Å². The summed E-state index contributed by atoms with van der Waals surface area (Å²) in [4.78, 5) is 12.4. The lowest BCUT2D eigenvalue weighted by atomic mass is 9.90. The first-order valence-electron chi connectivity index (χ1n) is 7.66. The third kappa shape index (κ3) is 4.49. The highest BCUT2D eigenvalue weighted by atomic mass is 32.2. The van der Waals surface area contributed by atoms with Crippen LogP contribution < -0.4 is 5.32 Å². The topological polar surface area (TPSA) is 64.4 Å². The second kappa shape index (κ2) is 6.62. The summed E-state index contributed by atoms with van der Waals surface area (Å²) < 4.78 is 9.97. The number of amides is 1. The Kier molecular flexibility index (Phi) is 5.22. The fourth-order valence-corrected chi connectivity index (χ4v) is 3.19. The van der Waals surface area contributed by atoms with Crippen LogP contribution in [0.3, 0.4) is 0 Å². The van der Waals surface area contributed by atoms with Crippen molar-refractivity contribution in [3.8, 4) is 0 Å². The summed E-state index contributed by atoms with van der Waals surface area (Å²) in [7, 11) is 1.66. The molecule has 1 amide bonds. The maximum Gasteiger partial charge on any atom is 0.242 e. The van der Waals surface area contributed by atoms with Gasteiger partial charge in [0.15, 0.2) is 0 Å². The minimum Gasteiger partial charge on any atom is -0.384 e. The summed E-state index contributed by atoms with van der Waals surface area (Å²) in [6.45, 7) is 8.48. The van der Waals surface area contributed by atoms with Gasteiger partial charge in [-0.2, -0.15) is 0 Å². The molecule has 1 fully saturated rings. The van der Waals surface area contributed by atoms with Crippen molar-refractivity contribution in [1.29, 1.82) is 0 Å². The number of nitrogens with one attached hydrogen (secondary N) is 1. The molecule has 0 aromatic carbocycles. The van der Waals surface area contributed by atoms with Crippen molar-refractivity contribution in [3.63, 3.8) is 0 Å². The molecule has 124 valence electrons. The molecule has 0 radical (unpaired) electrons. The molecular formula is C16H26N2O3S. The first kappa shape index (κ1) is 17.3. The number of thioether (sulfide) groups is 1. The van der Waals surface area contributed by atoms with Crippen LogP contribution in [0.25, 0.3) is 0 Å². The fourth-order valence-electron chi connectivity index (χ4n) is 2.03. The lowest BCUT2D eigenvalue weighted by molar-refractivity contribution is -0.117. The van der Waals surface area contributed by atoms with Gasteiger partial charge in [-0.25, -0.2) is 0 Å². The van der Waals surface area contributed by atoms with E-state index in [1.54, 1.807) is 24.9 Å². The highest BCUT2D eigenvalue weighted by Crippen LogP contribution is 2.37. The van der Waals surface area contributed by atoms with Crippen molar-refractivity contribution in [2.75, 3.05) is 24.8 Å². The number of rotatable bonds is 8. The Morgan fingerprint density at radius 3 is 2.73 bits per heavy atom. The maximum absolute atomic E-state index is 12.4. The van der Waals surface area contributed by atoms with Crippen LogP contribution in [-0.2, 0) is 14.9 Å². The molecular weight excluding hydrogens is 300 g/mol. The zero-order chi connectivity index (χ0) is 16.4. The summed E-state index contributed by atoms with van der Waals surface area (Å²) >= 11 is 1.70. The van der Waals surface area contributed by atoms with Gasteiger partial charge in [-0.3, -0.25) is 10.1 Å². The van der Waals surface area contributed by atoms with Gasteiger partial charge in [0.25, 0.3) is 0 Å². The molecule has 1 aromatic rings. The molecule has 0 unspecified atom stereocenters. The summed E-state index contributed by atoms with van der Waals surface area (Å²) in [6.07, 6.45) is 2.59. The number of nitrogens with zero attached hydrogens (tertiary/aromatic N) is 1. The van der Waals surface area contributed by atoms with Crippen molar-refractivity contribution in [1.82, 2.24) is 5.16 Å². The van der Waals surface area contributed by atoms with Crippen molar-refractivity contribution in [2.45, 2.75) is 50.7 Å². The molecule has 5 nitrogen and oxygen atoms in total. The molecule has 1 aliphatic carbocycles. The van der Waals surface area contributed by atoms with Crippen LogP contribution in [-0.4, -0.2) is 35.3 Å². The normalized spacial score (nSPS) is 15.9. The third-order valence-corrected chi connectivity index (χ3v) is 5.41. The lowest BCUT2D eigenvalue weighted by Gasteiger charge is -2.22. The maximum atomic E-state index is 12.4. The molecule has 0 saturated heterocycles. The highest BCUT2D eigenvalue weighted by molar-refractivity contribution is 8.01. The minimum atomic E-state index is -0.475. The molecule has 1 saturated carbocycles. The van der Waals surface area contributed by atoms with E-state index in [1.165, 1.54) is 12.8 Å². The lowest BCUT2D eigenvalue weighted by Crippen LogP contribution is -2.34. The molecule has 1 heterocycles. The quantitative estimate of drug-likeness (QED) is 0.792. The molecule has 1 N–H and O–H groups in total. The molecule has 0 bridgehead atoms. The Morgan fingerprint density at radius 2 is 2.14 bits per heavy atom. The van der Waals surface area contributed by atoms with Gasteiger partial charge in [0, 0.05) is 18.6 Å². The number of ether oxygens (including phenoxy) is 1. The Balaban J connectivity index is 1.94. The number of carbonyl (C=O) groups excluding carboxylic acids is 1. The van der Waals surface area contributed by atoms with Gasteiger partial charge in [0.2, 0.25) is 11.8 Å². The number of methoxy groups -OCH3 is 1. The number of hydrogen-bond donors (Lipinski definition) is 1. The van der Waals surface area contributed by atoms with Crippen LogP contribution in [0.15, 0.2) is 10.6 Å². The minimum absolute atomic E-state index is 0.0506. The van der Waals surface area contributed by atoms with Crippen LogP contribution >= 0.6 is 11.8 Å². The van der Waals surface area contributed by atoms with Gasteiger partial charge < -0.3 is 9.26 Å². The Bertz CT molecular complexity index is 521. The average molecular weight is 326 g/mol. The van der Waals surface area contributed by atoms with E-state index in [4.69, 9.17) is 9.26 Å². The summed E-state index contributed by atoms with van der Waals surface area (Å²) in [5, 5.41) is 6.88. The van der Waals surface area contributed by atoms with Crippen LogP contribution in [0, 0.1) is 5.92 Å². The summed E-state index contributed by atoms with van der Waals surface area (Å²) in [5.74, 6) is 2.18. The van der Waals surface area contributed by atoms with E-state index >= 15 is 0 Å². The van der Waals surface area contributed by atoms with Crippen LogP contribution in [0.1, 0.15) is 46.2 Å². The summed E-state index contributed by atoms with van der Waals surface area (Å²) in [6, 6.07) is 1.78. The van der Waals surface area contributed by atoms with E-state index in [0.29, 0.717) is 12.5 Å². The smallest absolute Gasteiger partial charge is 0.242 e. The third-order valence-electron chi connectivity index (χ3n) is 3.87. The molecule has 0 aliphatic heterocycles. The molecule has 6 heteroatoms. The molecule has 22 heavy (non-hydrogen) atoms. The zero-order valence-electron chi connectivity index (χ0n) is 14.1. The Hall–Kier alpha value is -1.01. The average Bonchev–Trinajstić information content (AvgIpc) is 3.14. The number of anilines is 1. The van der Waals surface area contributed by atoms with Crippen molar-refractivity contribution in [3.05, 3.63) is 11.8 Å². The van der Waals surface area contributed by atoms with E-state index in [9.17, 15) is 4.79 Å². The predicted octanol–water partition coefficient (Wildman–Crippen LogP) is 3.46. The van der Waals surface area contributed by atoms with Crippen molar-refractivity contribution >= 4 is 23.6 Å². The Morgan fingerprint density at radius 1 is 1.45 bits per heavy atom.